The minimum atomic E-state index is -0.392. The number of Topliss-reactive ketones (excluding diaryl/α,β-unsaturated/α-hetero) is 2. The summed E-state index contributed by atoms with van der Waals surface area (Å²) in [6.07, 6.45) is 0. The number of phenolic OH excluding ortho intramolecular Hbond substituents is 1. The molecule has 16 heavy (non-hydrogen) atoms. The summed E-state index contributed by atoms with van der Waals surface area (Å²) in [4.78, 5) is 23.8. The van der Waals surface area contributed by atoms with E-state index in [9.17, 15) is 14.7 Å². The number of benzene rings is 1. The second-order valence-corrected chi connectivity index (χ2v) is 4.09. The SMILES string of the molecule is CNC1=C(Br)C(=O)c2c(O)cccc2C1=O. The summed E-state index contributed by atoms with van der Waals surface area (Å²) >= 11 is 3.06. The van der Waals surface area contributed by atoms with Gasteiger partial charge in [-0.2, -0.15) is 0 Å². The van der Waals surface area contributed by atoms with Gasteiger partial charge in [0.25, 0.3) is 0 Å². The minimum Gasteiger partial charge on any atom is -0.507 e. The molecule has 0 saturated carbocycles. The molecule has 0 fully saturated rings. The number of carbonyl (C=O) groups is 2. The number of hydrogen-bond acceptors (Lipinski definition) is 4. The van der Waals surface area contributed by atoms with Crippen LogP contribution in [-0.4, -0.2) is 23.7 Å². The zero-order chi connectivity index (χ0) is 11.9. The van der Waals surface area contributed by atoms with E-state index in [1.807, 2.05) is 0 Å². The minimum absolute atomic E-state index is 0.0541. The highest BCUT2D eigenvalue weighted by molar-refractivity contribution is 9.12. The van der Waals surface area contributed by atoms with Crippen LogP contribution in [0.2, 0.25) is 0 Å². The smallest absolute Gasteiger partial charge is 0.211 e. The maximum absolute atomic E-state index is 11.9. The number of fused-ring (bicyclic) bond motifs is 1. The predicted molar refractivity (Wildman–Crippen MR) is 61.8 cm³/mol. The quantitative estimate of drug-likeness (QED) is 0.821. The van der Waals surface area contributed by atoms with Crippen LogP contribution in [-0.2, 0) is 0 Å². The van der Waals surface area contributed by atoms with Gasteiger partial charge in [0.15, 0.2) is 0 Å². The van der Waals surface area contributed by atoms with Crippen LogP contribution in [0.5, 0.6) is 5.75 Å². The summed E-state index contributed by atoms with van der Waals surface area (Å²) in [5.41, 5.74) is 0.485. The van der Waals surface area contributed by atoms with Crippen LogP contribution in [0, 0.1) is 0 Å². The maximum atomic E-state index is 11.9. The number of carbonyl (C=O) groups excluding carboxylic acids is 2. The molecule has 0 bridgehead atoms. The number of phenols is 1. The largest absolute Gasteiger partial charge is 0.507 e. The molecule has 0 unspecified atom stereocenters. The first-order valence-corrected chi connectivity index (χ1v) is 5.36. The van der Waals surface area contributed by atoms with Crippen LogP contribution in [0.4, 0.5) is 0 Å². The third-order valence-electron chi connectivity index (χ3n) is 2.41. The highest BCUT2D eigenvalue weighted by atomic mass is 79.9. The number of nitrogens with one attached hydrogen (secondary N) is 1. The van der Waals surface area contributed by atoms with E-state index < -0.39 is 5.78 Å². The fraction of sp³-hybridized carbons (Fsp3) is 0.0909. The third kappa shape index (κ3) is 1.36. The van der Waals surface area contributed by atoms with Gasteiger partial charge in [0, 0.05) is 12.6 Å². The molecule has 0 aromatic heterocycles. The number of aromatic hydroxyl groups is 1. The second-order valence-electron chi connectivity index (χ2n) is 3.30. The summed E-state index contributed by atoms with van der Waals surface area (Å²) in [6.45, 7) is 0. The summed E-state index contributed by atoms with van der Waals surface area (Å²) in [6, 6.07) is 4.44. The number of allylic oxidation sites excluding steroid dienone is 2. The molecule has 0 radical (unpaired) electrons. The van der Waals surface area contributed by atoms with Crippen LogP contribution in [0.1, 0.15) is 20.7 Å². The van der Waals surface area contributed by atoms with Crippen molar-refractivity contribution in [2.75, 3.05) is 7.05 Å². The van der Waals surface area contributed by atoms with Crippen molar-refractivity contribution in [3.8, 4) is 5.75 Å². The van der Waals surface area contributed by atoms with Crippen LogP contribution < -0.4 is 5.32 Å². The number of ketones is 2. The van der Waals surface area contributed by atoms with Crippen LogP contribution in [0.15, 0.2) is 28.4 Å². The first-order valence-electron chi connectivity index (χ1n) is 4.56. The molecule has 2 rings (SSSR count). The van der Waals surface area contributed by atoms with E-state index in [0.29, 0.717) is 0 Å². The van der Waals surface area contributed by atoms with Crippen molar-refractivity contribution in [1.82, 2.24) is 5.32 Å². The molecule has 1 aromatic carbocycles. The van der Waals surface area contributed by atoms with E-state index in [1.54, 1.807) is 7.05 Å². The van der Waals surface area contributed by atoms with Crippen molar-refractivity contribution in [3.63, 3.8) is 0 Å². The molecule has 5 heteroatoms. The van der Waals surface area contributed by atoms with Gasteiger partial charge in [0.05, 0.1) is 10.0 Å². The average Bonchev–Trinajstić information content (AvgIpc) is 2.27. The molecule has 82 valence electrons. The Kier molecular flexibility index (Phi) is 2.55. The van der Waals surface area contributed by atoms with Gasteiger partial charge in [0.1, 0.15) is 11.4 Å². The van der Waals surface area contributed by atoms with Gasteiger partial charge in [-0.1, -0.05) is 6.07 Å². The molecule has 1 aliphatic carbocycles. The average molecular weight is 282 g/mol. The van der Waals surface area contributed by atoms with E-state index in [4.69, 9.17) is 0 Å². The molecule has 0 atom stereocenters. The summed E-state index contributed by atoms with van der Waals surface area (Å²) in [5.74, 6) is -0.875. The molecule has 0 amide bonds. The molecular formula is C11H8BrNO3. The third-order valence-corrected chi connectivity index (χ3v) is 3.17. The first kappa shape index (κ1) is 10.9. The molecule has 0 heterocycles. The zero-order valence-electron chi connectivity index (χ0n) is 8.37. The monoisotopic (exact) mass is 281 g/mol. The molecule has 2 N–H and O–H groups in total. The van der Waals surface area contributed by atoms with Gasteiger partial charge in [0.2, 0.25) is 11.6 Å². The maximum Gasteiger partial charge on any atom is 0.211 e. The standard InChI is InChI=1S/C11H8BrNO3/c1-13-9-8(12)11(16)7-5(10(9)15)3-2-4-6(7)14/h2-4,13-14H,1H3. The predicted octanol–water partition coefficient (Wildman–Crippen LogP) is 1.60. The lowest BCUT2D eigenvalue weighted by atomic mass is 9.92. The Morgan fingerprint density at radius 3 is 2.56 bits per heavy atom. The van der Waals surface area contributed by atoms with Crippen molar-refractivity contribution in [3.05, 3.63) is 39.5 Å². The molecule has 1 aromatic rings. The van der Waals surface area contributed by atoms with Crippen molar-refractivity contribution >= 4 is 27.5 Å². The topological polar surface area (TPSA) is 66.4 Å². The second kappa shape index (κ2) is 3.75. The lowest BCUT2D eigenvalue weighted by Crippen LogP contribution is -2.26. The number of rotatable bonds is 1. The van der Waals surface area contributed by atoms with E-state index in [-0.39, 0.29) is 32.8 Å². The van der Waals surface area contributed by atoms with E-state index in [2.05, 4.69) is 21.2 Å². The van der Waals surface area contributed by atoms with Crippen LogP contribution >= 0.6 is 15.9 Å². The van der Waals surface area contributed by atoms with Gasteiger partial charge in [-0.15, -0.1) is 0 Å². The Morgan fingerprint density at radius 1 is 1.25 bits per heavy atom. The fourth-order valence-electron chi connectivity index (χ4n) is 1.65. The van der Waals surface area contributed by atoms with Crippen molar-refractivity contribution in [2.24, 2.45) is 0 Å². The summed E-state index contributed by atoms with van der Waals surface area (Å²) in [7, 11) is 1.57. The fourth-order valence-corrected chi connectivity index (χ4v) is 2.23. The Balaban J connectivity index is 2.74. The normalized spacial score (nSPS) is 15.1. The molecule has 0 aliphatic heterocycles. The van der Waals surface area contributed by atoms with Crippen molar-refractivity contribution in [2.45, 2.75) is 0 Å². The first-order chi connectivity index (χ1) is 7.57. The number of halogens is 1. The van der Waals surface area contributed by atoms with Crippen molar-refractivity contribution < 1.29 is 14.7 Å². The Labute approximate surface area is 100 Å². The lowest BCUT2D eigenvalue weighted by Gasteiger charge is -2.18. The lowest BCUT2D eigenvalue weighted by molar-refractivity contribution is 0.0975. The van der Waals surface area contributed by atoms with Gasteiger partial charge < -0.3 is 10.4 Å². The zero-order valence-corrected chi connectivity index (χ0v) is 9.96. The summed E-state index contributed by atoms with van der Waals surface area (Å²) < 4.78 is 0.147. The van der Waals surface area contributed by atoms with E-state index >= 15 is 0 Å². The van der Waals surface area contributed by atoms with Gasteiger partial charge in [-0.3, -0.25) is 9.59 Å². The Morgan fingerprint density at radius 2 is 1.94 bits per heavy atom. The van der Waals surface area contributed by atoms with Gasteiger partial charge in [-0.05, 0) is 28.1 Å². The molecular weight excluding hydrogens is 274 g/mol. The number of hydrogen-bond donors (Lipinski definition) is 2. The van der Waals surface area contributed by atoms with Gasteiger partial charge >= 0.3 is 0 Å². The highest BCUT2D eigenvalue weighted by Crippen LogP contribution is 2.33. The molecule has 0 spiro atoms. The van der Waals surface area contributed by atoms with Crippen LogP contribution in [0.3, 0.4) is 0 Å². The molecule has 4 nitrogen and oxygen atoms in total. The van der Waals surface area contributed by atoms with Crippen LogP contribution in [0.25, 0.3) is 0 Å². The van der Waals surface area contributed by atoms with E-state index in [0.717, 1.165) is 0 Å². The van der Waals surface area contributed by atoms with Gasteiger partial charge in [-0.25, -0.2) is 0 Å². The molecule has 0 saturated heterocycles. The highest BCUT2D eigenvalue weighted by Gasteiger charge is 2.32. The van der Waals surface area contributed by atoms with E-state index in [1.165, 1.54) is 18.2 Å². The number of likely N-dealkylation sites (N-methyl/N-ethyl adjacent to an activating group) is 1. The molecule has 1 aliphatic rings. The Bertz CT molecular complexity index is 534. The summed E-state index contributed by atoms with van der Waals surface area (Å²) in [5, 5.41) is 12.3. The Hall–Kier alpha value is -1.62. The van der Waals surface area contributed by atoms with Crippen molar-refractivity contribution in [1.29, 1.82) is 0 Å².